The minimum atomic E-state index is -0.572. The Balaban J connectivity index is 2.03. The number of hydrogen-bond donors (Lipinski definition) is 2. The van der Waals surface area contributed by atoms with Crippen molar-refractivity contribution in [3.63, 3.8) is 0 Å². The topological polar surface area (TPSA) is 61.7 Å². The van der Waals surface area contributed by atoms with Gasteiger partial charge in [0.05, 0.1) is 11.8 Å². The molecule has 20 heavy (non-hydrogen) atoms. The molecule has 0 aromatic heterocycles. The molecule has 0 heterocycles. The summed E-state index contributed by atoms with van der Waals surface area (Å²) in [6, 6.07) is 9.75. The number of benzene rings is 2. The molecule has 0 atom stereocenters. The first-order valence-electron chi connectivity index (χ1n) is 5.64. The summed E-state index contributed by atoms with van der Waals surface area (Å²) in [4.78, 5) is 11.7. The van der Waals surface area contributed by atoms with Gasteiger partial charge in [0.2, 0.25) is 0 Å². The van der Waals surface area contributed by atoms with E-state index in [9.17, 15) is 14.3 Å². The fourth-order valence-electron chi connectivity index (χ4n) is 1.47. The van der Waals surface area contributed by atoms with Gasteiger partial charge in [-0.05, 0) is 35.9 Å². The van der Waals surface area contributed by atoms with Crippen LogP contribution in [0.25, 0.3) is 0 Å². The molecular weight excluding hydrogens is 283 g/mol. The zero-order valence-corrected chi connectivity index (χ0v) is 10.9. The molecule has 6 heteroatoms. The molecule has 102 valence electrons. The Morgan fingerprint density at radius 3 is 2.60 bits per heavy atom. The van der Waals surface area contributed by atoms with Crippen LogP contribution in [0.5, 0.6) is 5.75 Å². The minimum Gasteiger partial charge on any atom is -0.507 e. The molecule has 0 spiro atoms. The molecule has 0 aliphatic rings. The fourth-order valence-corrected chi connectivity index (χ4v) is 1.64. The third-order valence-electron chi connectivity index (χ3n) is 2.45. The first-order chi connectivity index (χ1) is 9.56. The zero-order valence-electron chi connectivity index (χ0n) is 10.2. The Morgan fingerprint density at radius 1 is 1.25 bits per heavy atom. The maximum absolute atomic E-state index is 12.7. The highest BCUT2D eigenvalue weighted by atomic mass is 35.5. The van der Waals surface area contributed by atoms with E-state index in [-0.39, 0.29) is 17.1 Å². The van der Waals surface area contributed by atoms with Gasteiger partial charge in [-0.2, -0.15) is 5.10 Å². The maximum Gasteiger partial charge on any atom is 0.275 e. The highest BCUT2D eigenvalue weighted by molar-refractivity contribution is 6.30. The Morgan fingerprint density at radius 2 is 1.95 bits per heavy atom. The van der Waals surface area contributed by atoms with E-state index in [2.05, 4.69) is 10.5 Å². The predicted molar refractivity (Wildman–Crippen MR) is 74.6 cm³/mol. The Bertz CT molecular complexity index is 657. The van der Waals surface area contributed by atoms with Crippen LogP contribution in [0.3, 0.4) is 0 Å². The zero-order chi connectivity index (χ0) is 14.5. The lowest BCUT2D eigenvalue weighted by molar-refractivity contribution is 0.0952. The summed E-state index contributed by atoms with van der Waals surface area (Å²) < 4.78 is 12.7. The fraction of sp³-hybridized carbons (Fsp3) is 0. The summed E-state index contributed by atoms with van der Waals surface area (Å²) in [6.07, 6.45) is 1.37. The van der Waals surface area contributed by atoms with Gasteiger partial charge in [-0.3, -0.25) is 4.79 Å². The van der Waals surface area contributed by atoms with E-state index >= 15 is 0 Å². The van der Waals surface area contributed by atoms with Crippen LogP contribution in [-0.4, -0.2) is 17.2 Å². The summed E-state index contributed by atoms with van der Waals surface area (Å²) in [5.74, 6) is -1.15. The molecule has 0 fully saturated rings. The van der Waals surface area contributed by atoms with Crippen LogP contribution in [0.1, 0.15) is 15.9 Å². The molecule has 2 aromatic carbocycles. The average molecular weight is 293 g/mol. The van der Waals surface area contributed by atoms with Crippen LogP contribution in [0.4, 0.5) is 4.39 Å². The number of hydrogen-bond acceptors (Lipinski definition) is 3. The van der Waals surface area contributed by atoms with Gasteiger partial charge in [0, 0.05) is 5.02 Å². The molecule has 0 saturated heterocycles. The van der Waals surface area contributed by atoms with E-state index < -0.39 is 5.91 Å². The largest absolute Gasteiger partial charge is 0.507 e. The number of phenols is 1. The van der Waals surface area contributed by atoms with Gasteiger partial charge in [0.15, 0.2) is 0 Å². The lowest BCUT2D eigenvalue weighted by Crippen LogP contribution is -2.17. The molecule has 0 saturated carbocycles. The van der Waals surface area contributed by atoms with Crippen molar-refractivity contribution in [2.24, 2.45) is 5.10 Å². The van der Waals surface area contributed by atoms with Crippen molar-refractivity contribution < 1.29 is 14.3 Å². The normalized spacial score (nSPS) is 10.7. The molecule has 0 aliphatic heterocycles. The summed E-state index contributed by atoms with van der Waals surface area (Å²) in [7, 11) is 0. The monoisotopic (exact) mass is 292 g/mol. The molecule has 2 N–H and O–H groups in total. The molecule has 0 radical (unpaired) electrons. The van der Waals surface area contributed by atoms with Gasteiger partial charge >= 0.3 is 0 Å². The van der Waals surface area contributed by atoms with Gasteiger partial charge in [-0.15, -0.1) is 0 Å². The van der Waals surface area contributed by atoms with Crippen LogP contribution >= 0.6 is 11.6 Å². The summed E-state index contributed by atoms with van der Waals surface area (Å²) in [5, 5.41) is 13.6. The van der Waals surface area contributed by atoms with Crippen LogP contribution in [0, 0.1) is 5.82 Å². The van der Waals surface area contributed by atoms with E-state index in [1.54, 1.807) is 0 Å². The SMILES string of the molecule is O=C(N/N=C\c1ccc(F)cc1)c1ccc(Cl)cc1O. The van der Waals surface area contributed by atoms with Crippen molar-refractivity contribution in [3.05, 3.63) is 64.4 Å². The molecular formula is C14H10ClFN2O2. The number of nitrogens with one attached hydrogen (secondary N) is 1. The highest BCUT2D eigenvalue weighted by Gasteiger charge is 2.10. The maximum atomic E-state index is 12.7. The molecule has 0 aliphatic carbocycles. The van der Waals surface area contributed by atoms with Crippen LogP contribution in [-0.2, 0) is 0 Å². The van der Waals surface area contributed by atoms with Crippen molar-refractivity contribution >= 4 is 23.7 Å². The first-order valence-corrected chi connectivity index (χ1v) is 6.01. The van der Waals surface area contributed by atoms with Crippen molar-refractivity contribution in [3.8, 4) is 5.75 Å². The van der Waals surface area contributed by atoms with Crippen LogP contribution in [0.15, 0.2) is 47.6 Å². The second-order valence-electron chi connectivity index (χ2n) is 3.91. The third kappa shape index (κ3) is 3.55. The van der Waals surface area contributed by atoms with Gasteiger partial charge in [-0.25, -0.2) is 9.82 Å². The lowest BCUT2D eigenvalue weighted by atomic mass is 10.2. The van der Waals surface area contributed by atoms with Crippen molar-refractivity contribution in [2.45, 2.75) is 0 Å². The van der Waals surface area contributed by atoms with E-state index in [0.717, 1.165) is 0 Å². The highest BCUT2D eigenvalue weighted by Crippen LogP contribution is 2.21. The molecule has 0 unspecified atom stereocenters. The van der Waals surface area contributed by atoms with E-state index in [4.69, 9.17) is 11.6 Å². The van der Waals surface area contributed by atoms with Gasteiger partial charge in [0.25, 0.3) is 5.91 Å². The molecule has 2 aromatic rings. The minimum absolute atomic E-state index is 0.0608. The number of hydrazone groups is 1. The predicted octanol–water partition coefficient (Wildman–Crippen LogP) is 2.95. The number of carbonyl (C=O) groups excluding carboxylic acids is 1. The number of carbonyl (C=O) groups is 1. The number of rotatable bonds is 3. The van der Waals surface area contributed by atoms with Gasteiger partial charge < -0.3 is 5.11 Å². The Hall–Kier alpha value is -2.40. The first kappa shape index (κ1) is 14.0. The summed E-state index contributed by atoms with van der Waals surface area (Å²) in [6.45, 7) is 0. The van der Waals surface area contributed by atoms with Gasteiger partial charge in [0.1, 0.15) is 11.6 Å². The van der Waals surface area contributed by atoms with Crippen molar-refractivity contribution in [2.75, 3.05) is 0 Å². The molecule has 0 bridgehead atoms. The van der Waals surface area contributed by atoms with Crippen LogP contribution < -0.4 is 5.43 Å². The Labute approximate surface area is 119 Å². The molecule has 4 nitrogen and oxygen atoms in total. The standard InChI is InChI=1S/C14H10ClFN2O2/c15-10-3-6-12(13(19)7-10)14(20)18-17-8-9-1-4-11(16)5-2-9/h1-8,19H,(H,18,20)/b17-8-. The van der Waals surface area contributed by atoms with Gasteiger partial charge in [-0.1, -0.05) is 23.7 Å². The number of phenolic OH excluding ortho intramolecular Hbond substituents is 1. The second kappa shape index (κ2) is 6.16. The lowest BCUT2D eigenvalue weighted by Gasteiger charge is -2.03. The summed E-state index contributed by atoms with van der Waals surface area (Å²) >= 11 is 5.67. The number of nitrogens with zero attached hydrogens (tertiary/aromatic N) is 1. The molecule has 1 amide bonds. The van der Waals surface area contributed by atoms with E-state index in [0.29, 0.717) is 10.6 Å². The number of amides is 1. The number of halogens is 2. The van der Waals surface area contributed by atoms with Crippen molar-refractivity contribution in [1.82, 2.24) is 5.43 Å². The Kier molecular flexibility index (Phi) is 4.32. The molecule has 2 rings (SSSR count). The smallest absolute Gasteiger partial charge is 0.275 e. The number of aromatic hydroxyl groups is 1. The van der Waals surface area contributed by atoms with Crippen LogP contribution in [0.2, 0.25) is 5.02 Å². The quantitative estimate of drug-likeness (QED) is 0.675. The van der Waals surface area contributed by atoms with E-state index in [1.807, 2.05) is 0 Å². The second-order valence-corrected chi connectivity index (χ2v) is 4.35. The third-order valence-corrected chi connectivity index (χ3v) is 2.69. The average Bonchev–Trinajstić information content (AvgIpc) is 2.41. The van der Waals surface area contributed by atoms with Crippen molar-refractivity contribution in [1.29, 1.82) is 0 Å². The van der Waals surface area contributed by atoms with E-state index in [1.165, 1.54) is 48.7 Å². The summed E-state index contributed by atoms with van der Waals surface area (Å²) in [5.41, 5.74) is 2.95.